The smallest absolute Gasteiger partial charge is 0.194 e. The van der Waals surface area contributed by atoms with Crippen molar-refractivity contribution in [2.45, 2.75) is 26.4 Å². The Morgan fingerprint density at radius 2 is 2.19 bits per heavy atom. The predicted molar refractivity (Wildman–Crippen MR) is 89.5 cm³/mol. The number of imidazole rings is 1. The molecule has 110 valence electrons. The van der Waals surface area contributed by atoms with Gasteiger partial charge in [-0.3, -0.25) is 4.40 Å². The lowest BCUT2D eigenvalue weighted by molar-refractivity contribution is 0.564. The highest BCUT2D eigenvalue weighted by Crippen LogP contribution is 2.26. The molecule has 3 rings (SSSR count). The molecule has 6 heteroatoms. The molecule has 21 heavy (non-hydrogen) atoms. The monoisotopic (exact) mass is 339 g/mol. The quantitative estimate of drug-likeness (QED) is 0.735. The van der Waals surface area contributed by atoms with Gasteiger partial charge in [0, 0.05) is 34.2 Å². The summed E-state index contributed by atoms with van der Waals surface area (Å²) in [5, 5.41) is 6.89. The summed E-state index contributed by atoms with van der Waals surface area (Å²) in [7, 11) is 0. The van der Waals surface area contributed by atoms with Gasteiger partial charge in [0.1, 0.15) is 0 Å². The summed E-state index contributed by atoms with van der Waals surface area (Å²) >= 11 is 13.8. The molecule has 0 amide bonds. The fourth-order valence-electron chi connectivity index (χ4n) is 2.37. The molecule has 2 heterocycles. The molecule has 0 saturated heterocycles. The van der Waals surface area contributed by atoms with E-state index in [0.29, 0.717) is 10.0 Å². The molecule has 0 bridgehead atoms. The number of nitrogens with one attached hydrogen (secondary N) is 1. The lowest BCUT2D eigenvalue weighted by Crippen LogP contribution is -2.19. The summed E-state index contributed by atoms with van der Waals surface area (Å²) in [6, 6.07) is 5.74. The molecule has 0 spiro atoms. The number of aryl methyl sites for hydroxylation is 1. The van der Waals surface area contributed by atoms with Gasteiger partial charge in [-0.15, -0.1) is 11.3 Å². The number of halogens is 2. The van der Waals surface area contributed by atoms with Crippen molar-refractivity contribution in [2.75, 3.05) is 0 Å². The third-order valence-corrected chi connectivity index (χ3v) is 4.88. The topological polar surface area (TPSA) is 29.3 Å². The van der Waals surface area contributed by atoms with Gasteiger partial charge in [-0.25, -0.2) is 4.98 Å². The third kappa shape index (κ3) is 2.94. The number of aromatic nitrogens is 2. The molecule has 3 nitrogen and oxygen atoms in total. The van der Waals surface area contributed by atoms with Crippen molar-refractivity contribution in [3.63, 3.8) is 0 Å². The first kappa shape index (κ1) is 14.9. The number of hydrogen-bond donors (Lipinski definition) is 1. The minimum absolute atomic E-state index is 0.137. The van der Waals surface area contributed by atoms with E-state index < -0.39 is 0 Å². The molecule has 1 N–H and O–H groups in total. The van der Waals surface area contributed by atoms with E-state index in [1.807, 2.05) is 24.4 Å². The Kier molecular flexibility index (Phi) is 4.22. The average Bonchev–Trinajstić information content (AvgIpc) is 2.97. The second-order valence-corrected chi connectivity index (χ2v) is 6.68. The summed E-state index contributed by atoms with van der Waals surface area (Å²) in [6.07, 6.45) is 2.05. The third-order valence-electron chi connectivity index (χ3n) is 3.57. The molecule has 0 aliphatic rings. The Hall–Kier alpha value is -1.07. The van der Waals surface area contributed by atoms with Crippen molar-refractivity contribution < 1.29 is 0 Å². The fourth-order valence-corrected chi connectivity index (χ4v) is 3.72. The van der Waals surface area contributed by atoms with Crippen LogP contribution in [0.5, 0.6) is 0 Å². The fraction of sp³-hybridized carbons (Fsp3) is 0.267. The van der Waals surface area contributed by atoms with Gasteiger partial charge in [0.2, 0.25) is 0 Å². The first-order valence-corrected chi connectivity index (χ1v) is 8.29. The van der Waals surface area contributed by atoms with Gasteiger partial charge in [-0.2, -0.15) is 0 Å². The highest BCUT2D eigenvalue weighted by Gasteiger charge is 2.13. The predicted octanol–water partition coefficient (Wildman–Crippen LogP) is 4.86. The van der Waals surface area contributed by atoms with Crippen LogP contribution in [0.15, 0.2) is 29.8 Å². The number of fused-ring (bicyclic) bond motifs is 1. The molecule has 0 aliphatic carbocycles. The molecular formula is C15H15Cl2N3S. The zero-order chi connectivity index (χ0) is 15.0. The minimum atomic E-state index is 0.137. The Morgan fingerprint density at radius 1 is 1.38 bits per heavy atom. The lowest BCUT2D eigenvalue weighted by Gasteiger charge is -2.16. The van der Waals surface area contributed by atoms with Crippen LogP contribution in [-0.4, -0.2) is 9.38 Å². The number of rotatable bonds is 4. The molecular weight excluding hydrogens is 325 g/mol. The molecule has 1 atom stereocenters. The Balaban J connectivity index is 1.78. The summed E-state index contributed by atoms with van der Waals surface area (Å²) in [4.78, 5) is 5.58. The summed E-state index contributed by atoms with van der Waals surface area (Å²) < 4.78 is 2.13. The van der Waals surface area contributed by atoms with E-state index >= 15 is 0 Å². The van der Waals surface area contributed by atoms with Crippen LogP contribution in [0.4, 0.5) is 0 Å². The number of nitrogens with zero attached hydrogens (tertiary/aromatic N) is 2. The van der Waals surface area contributed by atoms with Crippen LogP contribution in [-0.2, 0) is 6.54 Å². The standard InChI is InChI=1S/C15H15Cl2N3S/c1-9(12-4-3-11(16)7-13(12)17)18-8-14-10(2)19-15-20(14)5-6-21-15/h3-7,9,18H,8H2,1-2H3. The van der Waals surface area contributed by atoms with Gasteiger partial charge in [-0.05, 0) is 31.5 Å². The maximum atomic E-state index is 6.25. The Morgan fingerprint density at radius 3 is 2.95 bits per heavy atom. The molecule has 1 unspecified atom stereocenters. The molecule has 0 saturated carbocycles. The first-order valence-electron chi connectivity index (χ1n) is 6.65. The molecule has 1 aromatic carbocycles. The van der Waals surface area contributed by atoms with E-state index in [4.69, 9.17) is 23.2 Å². The van der Waals surface area contributed by atoms with Gasteiger partial charge < -0.3 is 5.32 Å². The maximum absolute atomic E-state index is 6.25. The molecule has 0 radical (unpaired) electrons. The molecule has 0 fully saturated rings. The Labute approximate surface area is 137 Å². The van der Waals surface area contributed by atoms with Crippen molar-refractivity contribution in [1.82, 2.24) is 14.7 Å². The SMILES string of the molecule is Cc1nc2sccn2c1CNC(C)c1ccc(Cl)cc1Cl. The average molecular weight is 340 g/mol. The van der Waals surface area contributed by atoms with Gasteiger partial charge in [0.25, 0.3) is 0 Å². The zero-order valence-corrected chi connectivity index (χ0v) is 14.1. The highest BCUT2D eigenvalue weighted by atomic mass is 35.5. The van der Waals surface area contributed by atoms with Crippen LogP contribution < -0.4 is 5.32 Å². The van der Waals surface area contributed by atoms with E-state index in [2.05, 4.69) is 27.8 Å². The van der Waals surface area contributed by atoms with Gasteiger partial charge in [0.05, 0.1) is 11.4 Å². The summed E-state index contributed by atoms with van der Waals surface area (Å²) in [5.41, 5.74) is 3.29. The lowest BCUT2D eigenvalue weighted by atomic mass is 10.1. The zero-order valence-electron chi connectivity index (χ0n) is 11.7. The van der Waals surface area contributed by atoms with Crippen molar-refractivity contribution >= 4 is 39.5 Å². The van der Waals surface area contributed by atoms with Crippen LogP contribution in [0.25, 0.3) is 4.96 Å². The van der Waals surface area contributed by atoms with Crippen molar-refractivity contribution in [1.29, 1.82) is 0 Å². The van der Waals surface area contributed by atoms with E-state index in [0.717, 1.165) is 22.8 Å². The van der Waals surface area contributed by atoms with Crippen molar-refractivity contribution in [2.24, 2.45) is 0 Å². The number of hydrogen-bond acceptors (Lipinski definition) is 3. The van der Waals surface area contributed by atoms with E-state index in [-0.39, 0.29) is 6.04 Å². The van der Waals surface area contributed by atoms with Crippen LogP contribution in [0.3, 0.4) is 0 Å². The highest BCUT2D eigenvalue weighted by molar-refractivity contribution is 7.15. The Bertz CT molecular complexity index is 778. The summed E-state index contributed by atoms with van der Waals surface area (Å²) in [6.45, 7) is 4.87. The van der Waals surface area contributed by atoms with Gasteiger partial charge >= 0.3 is 0 Å². The molecule has 3 aromatic rings. The molecule has 2 aromatic heterocycles. The van der Waals surface area contributed by atoms with E-state index in [9.17, 15) is 0 Å². The second kappa shape index (κ2) is 5.97. The molecule has 0 aliphatic heterocycles. The first-order chi connectivity index (χ1) is 10.1. The maximum Gasteiger partial charge on any atom is 0.194 e. The number of thiazole rings is 1. The largest absolute Gasteiger partial charge is 0.305 e. The van der Waals surface area contributed by atoms with Gasteiger partial charge in [0.15, 0.2) is 4.96 Å². The van der Waals surface area contributed by atoms with Crippen LogP contribution in [0, 0.1) is 6.92 Å². The minimum Gasteiger partial charge on any atom is -0.305 e. The van der Waals surface area contributed by atoms with Crippen LogP contribution in [0.1, 0.15) is 29.9 Å². The summed E-state index contributed by atoms with van der Waals surface area (Å²) in [5.74, 6) is 0. The van der Waals surface area contributed by atoms with Crippen molar-refractivity contribution in [3.8, 4) is 0 Å². The van der Waals surface area contributed by atoms with E-state index in [1.54, 1.807) is 17.4 Å². The second-order valence-electron chi connectivity index (χ2n) is 4.97. The van der Waals surface area contributed by atoms with Crippen LogP contribution >= 0.6 is 34.5 Å². The van der Waals surface area contributed by atoms with E-state index in [1.165, 1.54) is 5.69 Å². The number of benzene rings is 1. The van der Waals surface area contributed by atoms with Crippen LogP contribution in [0.2, 0.25) is 10.0 Å². The van der Waals surface area contributed by atoms with Gasteiger partial charge in [-0.1, -0.05) is 29.3 Å². The normalized spacial score (nSPS) is 13.0. The van der Waals surface area contributed by atoms with Crippen molar-refractivity contribution in [3.05, 3.63) is 56.8 Å².